The van der Waals surface area contributed by atoms with Gasteiger partial charge in [0.25, 0.3) is 0 Å². The first kappa shape index (κ1) is 14.0. The van der Waals surface area contributed by atoms with Gasteiger partial charge in [0.1, 0.15) is 5.82 Å². The highest BCUT2D eigenvalue weighted by molar-refractivity contribution is 7.91. The summed E-state index contributed by atoms with van der Waals surface area (Å²) in [7, 11) is -3.45. The molecule has 0 radical (unpaired) electrons. The number of hydrogen-bond donors (Lipinski definition) is 1. The Balaban J connectivity index is 3.04. The van der Waals surface area contributed by atoms with Gasteiger partial charge in [0.15, 0.2) is 9.84 Å². The summed E-state index contributed by atoms with van der Waals surface area (Å²) in [5, 5.41) is 0. The summed E-state index contributed by atoms with van der Waals surface area (Å²) in [6.07, 6.45) is 1.58. The Bertz CT molecular complexity index is 461. The van der Waals surface area contributed by atoms with Crippen LogP contribution in [0, 0.1) is 11.7 Å². The predicted octanol–water partition coefficient (Wildman–Crippen LogP) is 2.62. The van der Waals surface area contributed by atoms with Crippen molar-refractivity contribution in [3.05, 3.63) is 24.0 Å². The van der Waals surface area contributed by atoms with Crippen LogP contribution in [0.1, 0.15) is 26.7 Å². The molecule has 2 N–H and O–H groups in total. The maximum absolute atomic E-state index is 13.1. The third kappa shape index (κ3) is 3.70. The molecule has 0 atom stereocenters. The summed E-state index contributed by atoms with van der Waals surface area (Å²) < 4.78 is 37.2. The zero-order chi connectivity index (χ0) is 13.1. The molecule has 0 aliphatic rings. The van der Waals surface area contributed by atoms with Crippen LogP contribution in [0.3, 0.4) is 0 Å². The highest BCUT2D eigenvalue weighted by Crippen LogP contribution is 2.21. The lowest BCUT2D eigenvalue weighted by Gasteiger charge is -2.13. The normalized spacial score (nSPS) is 12.0. The van der Waals surface area contributed by atoms with E-state index in [0.717, 1.165) is 25.0 Å². The minimum atomic E-state index is -3.45. The minimum Gasteiger partial charge on any atom is -0.399 e. The number of nitrogens with two attached hydrogens (primary N) is 1. The fourth-order valence-electron chi connectivity index (χ4n) is 1.69. The molecule has 0 saturated heterocycles. The van der Waals surface area contributed by atoms with Gasteiger partial charge in [-0.2, -0.15) is 0 Å². The predicted molar refractivity (Wildman–Crippen MR) is 66.9 cm³/mol. The fraction of sp³-hybridized carbons (Fsp3) is 0.500. The molecule has 1 aromatic rings. The molecule has 0 amide bonds. The van der Waals surface area contributed by atoms with Gasteiger partial charge in [0, 0.05) is 5.69 Å². The van der Waals surface area contributed by atoms with Crippen molar-refractivity contribution in [2.75, 3.05) is 11.5 Å². The Morgan fingerprint density at radius 1 is 1.24 bits per heavy atom. The van der Waals surface area contributed by atoms with E-state index < -0.39 is 15.7 Å². The standard InChI is InChI=1S/C12H18FNO2S/c1-3-9(4-2)8-17(15,16)12-6-10(13)5-11(14)7-12/h5-7,9H,3-4,8,14H2,1-2H3. The maximum atomic E-state index is 13.1. The van der Waals surface area contributed by atoms with Gasteiger partial charge < -0.3 is 5.73 Å². The van der Waals surface area contributed by atoms with Gasteiger partial charge in [-0.3, -0.25) is 0 Å². The average molecular weight is 259 g/mol. The highest BCUT2D eigenvalue weighted by Gasteiger charge is 2.20. The monoisotopic (exact) mass is 259 g/mol. The summed E-state index contributed by atoms with van der Waals surface area (Å²) in [6, 6.07) is 3.44. The van der Waals surface area contributed by atoms with Gasteiger partial charge in [-0.1, -0.05) is 26.7 Å². The van der Waals surface area contributed by atoms with E-state index in [-0.39, 0.29) is 22.3 Å². The van der Waals surface area contributed by atoms with E-state index in [1.807, 2.05) is 13.8 Å². The van der Waals surface area contributed by atoms with Crippen LogP contribution >= 0.6 is 0 Å². The van der Waals surface area contributed by atoms with Crippen molar-refractivity contribution in [2.45, 2.75) is 31.6 Å². The molecule has 17 heavy (non-hydrogen) atoms. The van der Waals surface area contributed by atoms with Crippen LogP contribution < -0.4 is 5.73 Å². The van der Waals surface area contributed by atoms with Crippen LogP contribution in [0.2, 0.25) is 0 Å². The Labute approximate surface area is 102 Å². The lowest BCUT2D eigenvalue weighted by molar-refractivity contribution is 0.523. The second kappa shape index (κ2) is 5.49. The van der Waals surface area contributed by atoms with E-state index in [1.54, 1.807) is 0 Å². The number of nitrogen functional groups attached to an aromatic ring is 1. The zero-order valence-corrected chi connectivity index (χ0v) is 10.9. The third-order valence-corrected chi connectivity index (χ3v) is 4.73. The summed E-state index contributed by atoms with van der Waals surface area (Å²) in [5.41, 5.74) is 5.58. The van der Waals surface area contributed by atoms with Crippen molar-refractivity contribution in [3.8, 4) is 0 Å². The molecule has 1 aromatic carbocycles. The van der Waals surface area contributed by atoms with E-state index in [4.69, 9.17) is 5.73 Å². The van der Waals surface area contributed by atoms with Gasteiger partial charge in [0.05, 0.1) is 10.6 Å². The topological polar surface area (TPSA) is 60.2 Å². The first-order valence-corrected chi connectivity index (χ1v) is 7.33. The van der Waals surface area contributed by atoms with Crippen LogP contribution in [-0.2, 0) is 9.84 Å². The number of rotatable bonds is 5. The number of sulfone groups is 1. The molecule has 0 saturated carbocycles. The van der Waals surface area contributed by atoms with E-state index in [2.05, 4.69) is 0 Å². The second-order valence-corrected chi connectivity index (χ2v) is 6.22. The van der Waals surface area contributed by atoms with Crippen LogP contribution in [0.4, 0.5) is 10.1 Å². The van der Waals surface area contributed by atoms with E-state index in [0.29, 0.717) is 0 Å². The molecule has 0 spiro atoms. The largest absolute Gasteiger partial charge is 0.399 e. The smallest absolute Gasteiger partial charge is 0.178 e. The summed E-state index contributed by atoms with van der Waals surface area (Å²) >= 11 is 0. The molecule has 0 heterocycles. The minimum absolute atomic E-state index is 0.0260. The molecule has 0 unspecified atom stereocenters. The first-order chi connectivity index (χ1) is 7.89. The van der Waals surface area contributed by atoms with Crippen molar-refractivity contribution in [1.82, 2.24) is 0 Å². The van der Waals surface area contributed by atoms with Crippen LogP contribution in [0.25, 0.3) is 0 Å². The number of hydrogen-bond acceptors (Lipinski definition) is 3. The Morgan fingerprint density at radius 2 is 1.82 bits per heavy atom. The summed E-state index contributed by atoms with van der Waals surface area (Å²) in [6.45, 7) is 3.90. The Kier molecular flexibility index (Phi) is 4.51. The molecule has 1 rings (SSSR count). The Morgan fingerprint density at radius 3 is 2.29 bits per heavy atom. The van der Waals surface area contributed by atoms with Crippen LogP contribution in [0.5, 0.6) is 0 Å². The quantitative estimate of drug-likeness (QED) is 0.827. The Hall–Kier alpha value is -1.10. The van der Waals surface area contributed by atoms with Crippen molar-refractivity contribution in [2.24, 2.45) is 5.92 Å². The van der Waals surface area contributed by atoms with Crippen molar-refractivity contribution in [1.29, 1.82) is 0 Å². The molecule has 0 aliphatic heterocycles. The van der Waals surface area contributed by atoms with Gasteiger partial charge in [0.2, 0.25) is 0 Å². The maximum Gasteiger partial charge on any atom is 0.178 e. The summed E-state index contributed by atoms with van der Waals surface area (Å²) in [4.78, 5) is -0.0260. The van der Waals surface area contributed by atoms with Gasteiger partial charge in [-0.25, -0.2) is 12.8 Å². The molecule has 0 aliphatic carbocycles. The molecule has 0 bridgehead atoms. The zero-order valence-electron chi connectivity index (χ0n) is 10.1. The highest BCUT2D eigenvalue weighted by atomic mass is 32.2. The van der Waals surface area contributed by atoms with Gasteiger partial charge in [-0.15, -0.1) is 0 Å². The van der Waals surface area contributed by atoms with E-state index >= 15 is 0 Å². The molecule has 5 heteroatoms. The number of halogens is 1. The molecule has 96 valence electrons. The average Bonchev–Trinajstić information content (AvgIpc) is 2.24. The molecule has 0 fully saturated rings. The van der Waals surface area contributed by atoms with Crippen molar-refractivity contribution >= 4 is 15.5 Å². The molecular formula is C12H18FNO2S. The van der Waals surface area contributed by atoms with Gasteiger partial charge >= 0.3 is 0 Å². The van der Waals surface area contributed by atoms with Crippen molar-refractivity contribution in [3.63, 3.8) is 0 Å². The van der Waals surface area contributed by atoms with Crippen molar-refractivity contribution < 1.29 is 12.8 Å². The third-order valence-electron chi connectivity index (χ3n) is 2.86. The number of anilines is 1. The van der Waals surface area contributed by atoms with Gasteiger partial charge in [-0.05, 0) is 24.1 Å². The molecular weight excluding hydrogens is 241 g/mol. The van der Waals surface area contributed by atoms with Crippen LogP contribution in [0.15, 0.2) is 23.1 Å². The van der Waals surface area contributed by atoms with E-state index in [9.17, 15) is 12.8 Å². The SMILES string of the molecule is CCC(CC)CS(=O)(=O)c1cc(N)cc(F)c1. The summed E-state index contributed by atoms with van der Waals surface area (Å²) in [5.74, 6) is -0.472. The second-order valence-electron chi connectivity index (χ2n) is 4.18. The lowest BCUT2D eigenvalue weighted by Crippen LogP contribution is -2.15. The fourth-order valence-corrected chi connectivity index (χ4v) is 3.59. The lowest BCUT2D eigenvalue weighted by atomic mass is 10.1. The van der Waals surface area contributed by atoms with E-state index in [1.165, 1.54) is 6.07 Å². The molecule has 0 aromatic heterocycles. The molecule has 3 nitrogen and oxygen atoms in total. The first-order valence-electron chi connectivity index (χ1n) is 5.67. The van der Waals surface area contributed by atoms with Crippen LogP contribution in [-0.4, -0.2) is 14.2 Å². The number of benzene rings is 1.